The number of unbranched alkanes of at least 4 members (excludes halogenated alkanes) is 3. The Bertz CT molecular complexity index is 677. The summed E-state index contributed by atoms with van der Waals surface area (Å²) in [7, 11) is 0. The van der Waals surface area contributed by atoms with Crippen molar-refractivity contribution >= 4 is 18.4 Å². The minimum absolute atomic E-state index is 0.288. The van der Waals surface area contributed by atoms with Gasteiger partial charge in [0.05, 0.1) is 0 Å². The second-order valence-electron chi connectivity index (χ2n) is 8.75. The van der Waals surface area contributed by atoms with E-state index in [-0.39, 0.29) is 3.55 Å². The summed E-state index contributed by atoms with van der Waals surface area (Å²) in [4.78, 5) is 0. The van der Waals surface area contributed by atoms with E-state index in [1.54, 1.807) is 5.56 Å². The first-order chi connectivity index (χ1) is 13.7. The van der Waals surface area contributed by atoms with E-state index >= 15 is 0 Å². The third kappa shape index (κ3) is 4.36. The molecule has 2 heteroatoms. The van der Waals surface area contributed by atoms with Crippen molar-refractivity contribution in [1.29, 1.82) is 0 Å². The molecule has 2 aromatic carbocycles. The molecule has 2 aromatic rings. The number of rotatable bonds is 12. The summed E-state index contributed by atoms with van der Waals surface area (Å²) in [5.74, 6) is 0. The van der Waals surface area contributed by atoms with E-state index < -0.39 is 18.4 Å². The van der Waals surface area contributed by atoms with Crippen LogP contribution in [0.1, 0.15) is 76.5 Å². The quantitative estimate of drug-likeness (QED) is 0.243. The SMILES string of the molecule is CCC[CH2][Sn]([CH2]CCC)([CH2]CCC)[C@]1(c2ccccc2)N[C@H]1c1ccccc1. The van der Waals surface area contributed by atoms with Gasteiger partial charge in [-0.25, -0.2) is 0 Å². The average molecular weight is 484 g/mol. The zero-order valence-electron chi connectivity index (χ0n) is 18.2. The van der Waals surface area contributed by atoms with Crippen LogP contribution in [0.3, 0.4) is 0 Å². The van der Waals surface area contributed by atoms with Crippen LogP contribution in [0, 0.1) is 0 Å². The second kappa shape index (κ2) is 10.3. The molecule has 152 valence electrons. The monoisotopic (exact) mass is 485 g/mol. The van der Waals surface area contributed by atoms with Crippen LogP contribution in [0.4, 0.5) is 0 Å². The maximum absolute atomic E-state index is 4.18. The van der Waals surface area contributed by atoms with Crippen molar-refractivity contribution in [3.8, 4) is 0 Å². The van der Waals surface area contributed by atoms with Crippen LogP contribution in [0.15, 0.2) is 60.7 Å². The zero-order valence-corrected chi connectivity index (χ0v) is 21.1. The molecular weight excluding hydrogens is 445 g/mol. The van der Waals surface area contributed by atoms with E-state index in [1.165, 1.54) is 57.4 Å². The Hall–Kier alpha value is -0.801. The number of nitrogens with one attached hydrogen (secondary N) is 1. The standard InChI is InChI=1S/C14H12N.3C4H9.Sn/c1-3-7-11(8-4-1)13-14(15-13)12-9-5-2-6-10-12;3*1-3-4-2;/h1-10,13,15H;3*1,3-4H2,2H3;/t13-;;;;/m0..../s1. The van der Waals surface area contributed by atoms with Crippen molar-refractivity contribution in [3.63, 3.8) is 0 Å². The third-order valence-corrected chi connectivity index (χ3v) is 25.0. The van der Waals surface area contributed by atoms with Crippen molar-refractivity contribution in [1.82, 2.24) is 5.32 Å². The molecule has 1 saturated heterocycles. The average Bonchev–Trinajstić information content (AvgIpc) is 3.52. The Morgan fingerprint density at radius 3 is 1.64 bits per heavy atom. The van der Waals surface area contributed by atoms with Crippen LogP contribution in [0.5, 0.6) is 0 Å². The summed E-state index contributed by atoms with van der Waals surface area (Å²) >= 11 is -2.55. The van der Waals surface area contributed by atoms with Crippen LogP contribution < -0.4 is 5.32 Å². The molecule has 28 heavy (non-hydrogen) atoms. The van der Waals surface area contributed by atoms with Gasteiger partial charge in [-0.2, -0.15) is 0 Å². The van der Waals surface area contributed by atoms with Gasteiger partial charge in [-0.15, -0.1) is 0 Å². The summed E-state index contributed by atoms with van der Waals surface area (Å²) in [5, 5.41) is 4.18. The summed E-state index contributed by atoms with van der Waals surface area (Å²) in [6.45, 7) is 7.13. The van der Waals surface area contributed by atoms with Crippen molar-refractivity contribution in [2.45, 2.75) is 82.2 Å². The molecule has 0 aromatic heterocycles. The van der Waals surface area contributed by atoms with Crippen LogP contribution in [-0.4, -0.2) is 18.4 Å². The van der Waals surface area contributed by atoms with Gasteiger partial charge < -0.3 is 0 Å². The second-order valence-corrected chi connectivity index (χ2v) is 22.6. The molecule has 1 fully saturated rings. The summed E-state index contributed by atoms with van der Waals surface area (Å²) in [6, 6.07) is 23.3. The Labute approximate surface area is 177 Å². The van der Waals surface area contributed by atoms with Crippen molar-refractivity contribution in [2.75, 3.05) is 0 Å². The molecule has 1 aliphatic rings. The van der Waals surface area contributed by atoms with Gasteiger partial charge in [0.1, 0.15) is 0 Å². The van der Waals surface area contributed by atoms with Crippen LogP contribution >= 0.6 is 0 Å². The molecule has 0 aliphatic carbocycles. The molecule has 0 unspecified atom stereocenters. The van der Waals surface area contributed by atoms with Crippen LogP contribution in [0.2, 0.25) is 13.3 Å². The van der Waals surface area contributed by atoms with E-state index in [0.717, 1.165) is 0 Å². The van der Waals surface area contributed by atoms with Gasteiger partial charge in [0, 0.05) is 0 Å². The number of hydrogen-bond donors (Lipinski definition) is 1. The molecular formula is C26H39NSn. The fraction of sp³-hybridized carbons (Fsp3) is 0.538. The molecule has 3 rings (SSSR count). The Kier molecular flexibility index (Phi) is 8.05. The summed E-state index contributed by atoms with van der Waals surface area (Å²) in [6.07, 6.45) is 8.25. The van der Waals surface area contributed by atoms with Gasteiger partial charge in [0.15, 0.2) is 0 Å². The van der Waals surface area contributed by atoms with E-state index in [0.29, 0.717) is 6.04 Å². The summed E-state index contributed by atoms with van der Waals surface area (Å²) in [5.41, 5.74) is 3.08. The van der Waals surface area contributed by atoms with Crippen molar-refractivity contribution < 1.29 is 0 Å². The topological polar surface area (TPSA) is 21.9 Å². The zero-order chi connectivity index (χ0) is 19.9. The Balaban J connectivity index is 2.08. The fourth-order valence-corrected chi connectivity index (χ4v) is 25.5. The van der Waals surface area contributed by atoms with Gasteiger partial charge in [-0.3, -0.25) is 0 Å². The molecule has 1 aliphatic heterocycles. The normalized spacial score (nSPS) is 21.6. The van der Waals surface area contributed by atoms with Gasteiger partial charge in [0.25, 0.3) is 0 Å². The van der Waals surface area contributed by atoms with Gasteiger partial charge in [-0.05, 0) is 0 Å². The van der Waals surface area contributed by atoms with Gasteiger partial charge >= 0.3 is 178 Å². The van der Waals surface area contributed by atoms with Gasteiger partial charge in [0.2, 0.25) is 0 Å². The molecule has 1 N–H and O–H groups in total. The first-order valence-electron chi connectivity index (χ1n) is 11.6. The number of hydrogen-bond acceptors (Lipinski definition) is 1. The Morgan fingerprint density at radius 2 is 1.18 bits per heavy atom. The first kappa shape index (κ1) is 21.9. The first-order valence-corrected chi connectivity index (χ1v) is 19.1. The molecule has 1 nitrogen and oxygen atoms in total. The maximum atomic E-state index is 4.18. The van der Waals surface area contributed by atoms with E-state index in [4.69, 9.17) is 0 Å². The van der Waals surface area contributed by atoms with Crippen LogP contribution in [-0.2, 0) is 3.55 Å². The minimum atomic E-state index is -2.55. The van der Waals surface area contributed by atoms with E-state index in [1.807, 2.05) is 0 Å². The van der Waals surface area contributed by atoms with Crippen LogP contribution in [0.25, 0.3) is 0 Å². The third-order valence-electron chi connectivity index (χ3n) is 6.95. The van der Waals surface area contributed by atoms with Crippen molar-refractivity contribution in [2.24, 2.45) is 0 Å². The molecule has 2 atom stereocenters. The van der Waals surface area contributed by atoms with Crippen molar-refractivity contribution in [3.05, 3.63) is 71.8 Å². The predicted molar refractivity (Wildman–Crippen MR) is 125 cm³/mol. The molecule has 0 radical (unpaired) electrons. The molecule has 0 bridgehead atoms. The van der Waals surface area contributed by atoms with Gasteiger partial charge in [-0.1, -0.05) is 0 Å². The molecule has 1 heterocycles. The predicted octanol–water partition coefficient (Wildman–Crippen LogP) is 7.61. The Morgan fingerprint density at radius 1 is 0.714 bits per heavy atom. The molecule has 0 saturated carbocycles. The summed E-state index contributed by atoms with van der Waals surface area (Å²) < 4.78 is 4.90. The van der Waals surface area contributed by atoms with E-state index in [2.05, 4.69) is 86.8 Å². The number of benzene rings is 2. The molecule has 0 amide bonds. The fourth-order valence-electron chi connectivity index (χ4n) is 5.39. The van der Waals surface area contributed by atoms with E-state index in [9.17, 15) is 0 Å². The molecule has 0 spiro atoms.